The van der Waals surface area contributed by atoms with Crippen LogP contribution in [0.15, 0.2) is 58.6 Å². The van der Waals surface area contributed by atoms with Crippen LogP contribution in [0.25, 0.3) is 0 Å². The monoisotopic (exact) mass is 369 g/mol. The van der Waals surface area contributed by atoms with Crippen LogP contribution in [-0.2, 0) is 4.79 Å². The number of carbonyl (C=O) groups excluding carboxylic acids is 2. The first-order valence-electron chi connectivity index (χ1n) is 7.14. The summed E-state index contributed by atoms with van der Waals surface area (Å²) in [6.45, 7) is -1.96. The van der Waals surface area contributed by atoms with E-state index in [4.69, 9.17) is 0 Å². The van der Waals surface area contributed by atoms with Crippen molar-refractivity contribution in [1.29, 1.82) is 0 Å². The van der Waals surface area contributed by atoms with E-state index in [2.05, 4.69) is 10.3 Å². The molecule has 0 aliphatic carbocycles. The lowest BCUT2D eigenvalue weighted by Crippen LogP contribution is -2.40. The minimum Gasteiger partial charge on any atom is -0.345 e. The molecule has 132 valence electrons. The van der Waals surface area contributed by atoms with E-state index in [1.54, 1.807) is 35.8 Å². The Morgan fingerprint density at radius 2 is 1.76 bits per heavy atom. The molecular weight excluding hydrogens is 355 g/mol. The van der Waals surface area contributed by atoms with Gasteiger partial charge < -0.3 is 10.6 Å². The Hall–Kier alpha value is -2.55. The van der Waals surface area contributed by atoms with Crippen LogP contribution in [0.2, 0.25) is 0 Å². The summed E-state index contributed by atoms with van der Waals surface area (Å²) >= 11 is 1.42. The molecule has 1 heterocycles. The largest absolute Gasteiger partial charge is 0.405 e. The second kappa shape index (κ2) is 8.52. The van der Waals surface area contributed by atoms with Crippen molar-refractivity contribution in [1.82, 2.24) is 15.6 Å². The molecule has 1 aromatic heterocycles. The lowest BCUT2D eigenvalue weighted by molar-refractivity contribution is -0.137. The number of nitrogens with zero attached hydrogens (tertiary/aromatic N) is 1. The molecule has 2 aromatic rings. The third-order valence-electron chi connectivity index (χ3n) is 2.87. The van der Waals surface area contributed by atoms with Gasteiger partial charge in [0, 0.05) is 16.7 Å². The Kier molecular flexibility index (Phi) is 6.40. The second-order valence-electron chi connectivity index (χ2n) is 4.87. The maximum Gasteiger partial charge on any atom is 0.405 e. The lowest BCUT2D eigenvalue weighted by atomic mass is 10.2. The van der Waals surface area contributed by atoms with Crippen molar-refractivity contribution in [2.24, 2.45) is 0 Å². The quantitative estimate of drug-likeness (QED) is 0.821. The zero-order valence-corrected chi connectivity index (χ0v) is 13.7. The van der Waals surface area contributed by atoms with Crippen LogP contribution in [0.4, 0.5) is 13.2 Å². The summed E-state index contributed by atoms with van der Waals surface area (Å²) in [5, 5.41) is 4.75. The molecule has 5 nitrogen and oxygen atoms in total. The summed E-state index contributed by atoms with van der Waals surface area (Å²) in [4.78, 5) is 28.2. The molecule has 2 N–H and O–H groups in total. The number of aromatic nitrogens is 1. The number of benzene rings is 1. The van der Waals surface area contributed by atoms with Gasteiger partial charge in [0.2, 0.25) is 5.91 Å². The fourth-order valence-electron chi connectivity index (χ4n) is 1.73. The molecule has 0 aliphatic rings. The molecule has 0 unspecified atom stereocenters. The van der Waals surface area contributed by atoms with E-state index in [0.29, 0.717) is 5.56 Å². The Bertz CT molecular complexity index is 722. The van der Waals surface area contributed by atoms with Crippen molar-refractivity contribution < 1.29 is 22.8 Å². The first kappa shape index (κ1) is 18.8. The fourth-order valence-corrected chi connectivity index (χ4v) is 2.50. The number of pyridine rings is 1. The highest BCUT2D eigenvalue weighted by Crippen LogP contribution is 2.25. The van der Waals surface area contributed by atoms with E-state index in [0.717, 1.165) is 9.92 Å². The van der Waals surface area contributed by atoms with E-state index in [-0.39, 0.29) is 0 Å². The number of rotatable bonds is 6. The van der Waals surface area contributed by atoms with E-state index < -0.39 is 31.1 Å². The smallest absolute Gasteiger partial charge is 0.345 e. The predicted octanol–water partition coefficient (Wildman–Crippen LogP) is 2.64. The number of halogens is 3. The molecule has 9 heteroatoms. The molecular formula is C16H14F3N3O2S. The second-order valence-corrected chi connectivity index (χ2v) is 5.96. The number of hydrogen-bond donors (Lipinski definition) is 2. The average molecular weight is 369 g/mol. The van der Waals surface area contributed by atoms with Gasteiger partial charge in [-0.3, -0.25) is 9.59 Å². The molecule has 2 rings (SSSR count). The topological polar surface area (TPSA) is 71.1 Å². The van der Waals surface area contributed by atoms with Crippen LogP contribution in [0.3, 0.4) is 0 Å². The summed E-state index contributed by atoms with van der Waals surface area (Å²) in [7, 11) is 0. The minimum atomic E-state index is -4.49. The standard InChI is InChI=1S/C16H14F3N3O2S/c17-16(18,19)10-22-13(23)9-21-15(24)11-4-6-12(7-5-11)25-14-3-1-2-8-20-14/h1-8H,9-10H2,(H,21,24)(H,22,23). The van der Waals surface area contributed by atoms with Gasteiger partial charge in [0.05, 0.1) is 6.54 Å². The molecule has 1 aromatic carbocycles. The highest BCUT2D eigenvalue weighted by Gasteiger charge is 2.27. The van der Waals surface area contributed by atoms with Crippen molar-refractivity contribution in [2.45, 2.75) is 16.1 Å². The first-order chi connectivity index (χ1) is 11.8. The molecule has 0 saturated carbocycles. The van der Waals surface area contributed by atoms with Crippen molar-refractivity contribution >= 4 is 23.6 Å². The van der Waals surface area contributed by atoms with Gasteiger partial charge in [-0.15, -0.1) is 0 Å². The van der Waals surface area contributed by atoms with E-state index >= 15 is 0 Å². The number of alkyl halides is 3. The van der Waals surface area contributed by atoms with Crippen LogP contribution >= 0.6 is 11.8 Å². The Morgan fingerprint density at radius 3 is 2.36 bits per heavy atom. The van der Waals surface area contributed by atoms with Crippen molar-refractivity contribution in [2.75, 3.05) is 13.1 Å². The molecule has 0 radical (unpaired) electrons. The SMILES string of the molecule is O=C(CNC(=O)c1ccc(Sc2ccccn2)cc1)NCC(F)(F)F. The summed E-state index contributed by atoms with van der Waals surface area (Å²) in [6, 6.07) is 12.1. The Morgan fingerprint density at radius 1 is 1.04 bits per heavy atom. The van der Waals surface area contributed by atoms with Gasteiger partial charge in [0.15, 0.2) is 0 Å². The van der Waals surface area contributed by atoms with E-state index in [1.165, 1.54) is 11.8 Å². The van der Waals surface area contributed by atoms with Crippen molar-refractivity contribution in [3.05, 3.63) is 54.2 Å². The van der Waals surface area contributed by atoms with Gasteiger partial charge in [-0.05, 0) is 36.4 Å². The molecule has 0 bridgehead atoms. The minimum absolute atomic E-state index is 0.300. The number of amides is 2. The highest BCUT2D eigenvalue weighted by atomic mass is 32.2. The first-order valence-corrected chi connectivity index (χ1v) is 7.96. The zero-order chi connectivity index (χ0) is 18.3. The Balaban J connectivity index is 1.83. The normalized spacial score (nSPS) is 11.0. The molecule has 0 fully saturated rings. The van der Waals surface area contributed by atoms with Crippen LogP contribution in [0.1, 0.15) is 10.4 Å². The van der Waals surface area contributed by atoms with Crippen LogP contribution in [-0.4, -0.2) is 36.1 Å². The van der Waals surface area contributed by atoms with Gasteiger partial charge in [-0.25, -0.2) is 4.98 Å². The molecule has 0 spiro atoms. The Labute approximate surface area is 146 Å². The fraction of sp³-hybridized carbons (Fsp3) is 0.188. The maximum absolute atomic E-state index is 12.0. The number of carbonyl (C=O) groups is 2. The summed E-state index contributed by atoms with van der Waals surface area (Å²) in [5.41, 5.74) is 0.300. The van der Waals surface area contributed by atoms with Crippen LogP contribution in [0, 0.1) is 0 Å². The van der Waals surface area contributed by atoms with Crippen LogP contribution in [0.5, 0.6) is 0 Å². The molecule has 0 atom stereocenters. The molecule has 0 saturated heterocycles. The predicted molar refractivity (Wildman–Crippen MR) is 86.2 cm³/mol. The van der Waals surface area contributed by atoms with E-state index in [9.17, 15) is 22.8 Å². The summed E-state index contributed by atoms with van der Waals surface area (Å²) in [6.07, 6.45) is -2.81. The van der Waals surface area contributed by atoms with Gasteiger partial charge in [0.1, 0.15) is 11.6 Å². The van der Waals surface area contributed by atoms with Gasteiger partial charge in [-0.2, -0.15) is 13.2 Å². The lowest BCUT2D eigenvalue weighted by Gasteiger charge is -2.09. The zero-order valence-electron chi connectivity index (χ0n) is 12.8. The number of nitrogens with one attached hydrogen (secondary N) is 2. The molecule has 0 aliphatic heterocycles. The van der Waals surface area contributed by atoms with Gasteiger partial charge >= 0.3 is 6.18 Å². The molecule has 25 heavy (non-hydrogen) atoms. The van der Waals surface area contributed by atoms with Crippen LogP contribution < -0.4 is 10.6 Å². The third-order valence-corrected chi connectivity index (χ3v) is 3.83. The van der Waals surface area contributed by atoms with Crippen molar-refractivity contribution in [3.63, 3.8) is 0 Å². The van der Waals surface area contributed by atoms with Gasteiger partial charge in [-0.1, -0.05) is 17.8 Å². The molecule has 2 amide bonds. The highest BCUT2D eigenvalue weighted by molar-refractivity contribution is 7.99. The summed E-state index contributed by atoms with van der Waals surface area (Å²) < 4.78 is 35.9. The number of hydrogen-bond acceptors (Lipinski definition) is 4. The average Bonchev–Trinajstić information content (AvgIpc) is 2.59. The van der Waals surface area contributed by atoms with Crippen molar-refractivity contribution in [3.8, 4) is 0 Å². The summed E-state index contributed by atoms with van der Waals surface area (Å²) in [5.74, 6) is -1.45. The van der Waals surface area contributed by atoms with Gasteiger partial charge in [0.25, 0.3) is 5.91 Å². The van der Waals surface area contributed by atoms with E-state index in [1.807, 2.05) is 18.2 Å². The third kappa shape index (κ3) is 6.84. The maximum atomic E-state index is 12.0.